The Labute approximate surface area is 117 Å². The third-order valence-corrected chi connectivity index (χ3v) is 4.43. The smallest absolute Gasteiger partial charge is 0.242 e. The van der Waals surface area contributed by atoms with Gasteiger partial charge in [0, 0.05) is 32.0 Å². The van der Waals surface area contributed by atoms with Gasteiger partial charge in [-0.3, -0.25) is 0 Å². The molecule has 20 heavy (non-hydrogen) atoms. The number of sulfonamides is 1. The number of hydrogen-bond donors (Lipinski definition) is 2. The quantitative estimate of drug-likeness (QED) is 0.752. The van der Waals surface area contributed by atoms with Gasteiger partial charge in [-0.1, -0.05) is 0 Å². The average Bonchev–Trinajstić information content (AvgIpc) is 3.02. The first-order chi connectivity index (χ1) is 9.47. The minimum absolute atomic E-state index is 0.100. The molecular weight excluding hydrogens is 280 g/mol. The van der Waals surface area contributed by atoms with E-state index in [2.05, 4.69) is 14.9 Å². The van der Waals surface area contributed by atoms with Crippen LogP contribution in [0.3, 0.4) is 0 Å². The van der Waals surface area contributed by atoms with Gasteiger partial charge in [0.25, 0.3) is 0 Å². The van der Waals surface area contributed by atoms with E-state index < -0.39 is 10.0 Å². The van der Waals surface area contributed by atoms with E-state index in [0.29, 0.717) is 12.4 Å². The monoisotopic (exact) mass is 298 g/mol. The van der Waals surface area contributed by atoms with Gasteiger partial charge in [-0.15, -0.1) is 10.2 Å². The van der Waals surface area contributed by atoms with Gasteiger partial charge in [-0.05, 0) is 13.0 Å². The lowest BCUT2D eigenvalue weighted by molar-refractivity contribution is 0.575. The minimum atomic E-state index is -3.58. The van der Waals surface area contributed by atoms with Crippen molar-refractivity contribution in [2.45, 2.75) is 31.5 Å². The van der Waals surface area contributed by atoms with E-state index in [0.717, 1.165) is 5.69 Å². The van der Waals surface area contributed by atoms with Crippen LogP contribution >= 0.6 is 0 Å². The topological polar surface area (TPSA) is 108 Å². The van der Waals surface area contributed by atoms with Gasteiger partial charge in [-0.25, -0.2) is 13.1 Å². The molecule has 0 unspecified atom stereocenters. The molecule has 2 aromatic heterocycles. The number of hydrogen-bond acceptors (Lipinski definition) is 5. The maximum absolute atomic E-state index is 12.2. The summed E-state index contributed by atoms with van der Waals surface area (Å²) in [6, 6.07) is 1.56. The van der Waals surface area contributed by atoms with Crippen molar-refractivity contribution >= 4 is 10.0 Å². The predicted molar refractivity (Wildman–Crippen MR) is 73.0 cm³/mol. The fourth-order valence-electron chi connectivity index (χ4n) is 1.85. The zero-order valence-corrected chi connectivity index (χ0v) is 12.3. The molecular formula is C11H18N6O2S. The standard InChI is InChI=1S/C11H18N6O2S/c1-3-17-8-13-15-11(17)6-14-20(18,19)10-4-9(5-12)16(2)7-10/h4,7-8,14H,3,5-6,12H2,1-2H3. The van der Waals surface area contributed by atoms with Gasteiger partial charge in [0.2, 0.25) is 10.0 Å². The maximum Gasteiger partial charge on any atom is 0.242 e. The number of nitrogens with zero attached hydrogens (tertiary/aromatic N) is 4. The van der Waals surface area contributed by atoms with Crippen molar-refractivity contribution < 1.29 is 8.42 Å². The molecule has 0 atom stereocenters. The van der Waals surface area contributed by atoms with Gasteiger partial charge >= 0.3 is 0 Å². The molecule has 0 saturated carbocycles. The Morgan fingerprint density at radius 1 is 1.45 bits per heavy atom. The highest BCUT2D eigenvalue weighted by Crippen LogP contribution is 2.13. The van der Waals surface area contributed by atoms with Gasteiger partial charge < -0.3 is 14.9 Å². The molecule has 0 bridgehead atoms. The van der Waals surface area contributed by atoms with E-state index in [-0.39, 0.29) is 18.0 Å². The number of aromatic nitrogens is 4. The summed E-state index contributed by atoms with van der Waals surface area (Å²) >= 11 is 0. The highest BCUT2D eigenvalue weighted by molar-refractivity contribution is 7.89. The summed E-state index contributed by atoms with van der Waals surface area (Å²) in [5, 5.41) is 7.64. The van der Waals surface area contributed by atoms with Crippen LogP contribution in [-0.2, 0) is 36.7 Å². The van der Waals surface area contributed by atoms with Gasteiger partial charge in [0.15, 0.2) is 0 Å². The van der Waals surface area contributed by atoms with Crippen molar-refractivity contribution in [2.24, 2.45) is 12.8 Å². The normalized spacial score (nSPS) is 11.9. The van der Waals surface area contributed by atoms with Crippen LogP contribution in [0, 0.1) is 0 Å². The molecule has 9 heteroatoms. The van der Waals surface area contributed by atoms with Gasteiger partial charge in [0.05, 0.1) is 11.4 Å². The average molecular weight is 298 g/mol. The molecule has 0 aromatic carbocycles. The third-order valence-electron chi connectivity index (χ3n) is 3.06. The summed E-state index contributed by atoms with van der Waals surface area (Å²) in [5.74, 6) is 0.575. The Kier molecular flexibility index (Phi) is 4.21. The number of nitrogens with one attached hydrogen (secondary N) is 1. The largest absolute Gasteiger partial charge is 0.352 e. The van der Waals surface area contributed by atoms with Crippen molar-refractivity contribution in [3.8, 4) is 0 Å². The first-order valence-electron chi connectivity index (χ1n) is 6.19. The van der Waals surface area contributed by atoms with Crippen LogP contribution < -0.4 is 10.5 Å². The molecule has 0 aliphatic heterocycles. The second-order valence-corrected chi connectivity index (χ2v) is 6.11. The second-order valence-electron chi connectivity index (χ2n) is 4.34. The molecule has 110 valence electrons. The molecule has 3 N–H and O–H groups in total. The van der Waals surface area contributed by atoms with Crippen LogP contribution in [0.2, 0.25) is 0 Å². The molecule has 2 rings (SSSR count). The van der Waals surface area contributed by atoms with E-state index >= 15 is 0 Å². The highest BCUT2D eigenvalue weighted by Gasteiger charge is 2.18. The molecule has 2 heterocycles. The number of rotatable bonds is 6. The zero-order chi connectivity index (χ0) is 14.8. The van der Waals surface area contributed by atoms with E-state index in [1.165, 1.54) is 6.20 Å². The Balaban J connectivity index is 2.15. The molecule has 0 radical (unpaired) electrons. The fraction of sp³-hybridized carbons (Fsp3) is 0.455. The van der Waals surface area contributed by atoms with E-state index in [1.54, 1.807) is 28.6 Å². The summed E-state index contributed by atoms with van der Waals surface area (Å²) < 4.78 is 30.4. The zero-order valence-electron chi connectivity index (χ0n) is 11.4. The van der Waals surface area contributed by atoms with Crippen molar-refractivity contribution in [3.63, 3.8) is 0 Å². The Morgan fingerprint density at radius 2 is 2.20 bits per heavy atom. The fourth-order valence-corrected chi connectivity index (χ4v) is 2.92. The summed E-state index contributed by atoms with van der Waals surface area (Å²) in [6.07, 6.45) is 3.10. The second kappa shape index (κ2) is 5.73. The van der Waals surface area contributed by atoms with Crippen LogP contribution in [0.25, 0.3) is 0 Å². The number of nitrogens with two attached hydrogens (primary N) is 1. The molecule has 0 amide bonds. The molecule has 2 aromatic rings. The highest BCUT2D eigenvalue weighted by atomic mass is 32.2. The Morgan fingerprint density at radius 3 is 2.80 bits per heavy atom. The van der Waals surface area contributed by atoms with Crippen LogP contribution in [0.5, 0.6) is 0 Å². The Bertz CT molecular complexity index is 688. The molecule has 0 fully saturated rings. The molecule has 8 nitrogen and oxygen atoms in total. The molecule has 0 aliphatic carbocycles. The lowest BCUT2D eigenvalue weighted by Crippen LogP contribution is -2.24. The maximum atomic E-state index is 12.2. The Hall–Kier alpha value is -1.71. The van der Waals surface area contributed by atoms with E-state index in [1.807, 2.05) is 6.92 Å². The predicted octanol–water partition coefficient (Wildman–Crippen LogP) is -0.426. The van der Waals surface area contributed by atoms with Crippen molar-refractivity contribution in [1.29, 1.82) is 0 Å². The van der Waals surface area contributed by atoms with E-state index in [4.69, 9.17) is 5.73 Å². The molecule has 0 aliphatic rings. The van der Waals surface area contributed by atoms with Gasteiger partial charge in [-0.2, -0.15) is 0 Å². The van der Waals surface area contributed by atoms with Crippen LogP contribution in [0.4, 0.5) is 0 Å². The van der Waals surface area contributed by atoms with Crippen molar-refractivity contribution in [3.05, 3.63) is 30.1 Å². The lowest BCUT2D eigenvalue weighted by Gasteiger charge is -2.05. The van der Waals surface area contributed by atoms with Gasteiger partial charge in [0.1, 0.15) is 12.2 Å². The third kappa shape index (κ3) is 2.89. The first-order valence-corrected chi connectivity index (χ1v) is 7.68. The molecule has 0 saturated heterocycles. The lowest BCUT2D eigenvalue weighted by atomic mass is 10.4. The number of aryl methyl sites for hydroxylation is 2. The van der Waals surface area contributed by atoms with Crippen molar-refractivity contribution in [2.75, 3.05) is 0 Å². The SMILES string of the molecule is CCn1cnnc1CNS(=O)(=O)c1cc(CN)n(C)c1. The van der Waals surface area contributed by atoms with Crippen LogP contribution in [0.15, 0.2) is 23.5 Å². The minimum Gasteiger partial charge on any atom is -0.352 e. The summed E-state index contributed by atoms with van der Waals surface area (Å²) in [7, 11) is -1.82. The summed E-state index contributed by atoms with van der Waals surface area (Å²) in [5.41, 5.74) is 6.29. The molecule has 0 spiro atoms. The van der Waals surface area contributed by atoms with Crippen molar-refractivity contribution in [1.82, 2.24) is 24.1 Å². The summed E-state index contributed by atoms with van der Waals surface area (Å²) in [4.78, 5) is 0.197. The van der Waals surface area contributed by atoms with E-state index in [9.17, 15) is 8.42 Å². The van der Waals surface area contributed by atoms with Crippen LogP contribution in [0.1, 0.15) is 18.4 Å². The van der Waals surface area contributed by atoms with Crippen LogP contribution in [-0.4, -0.2) is 27.7 Å². The first kappa shape index (κ1) is 14.7. The summed E-state index contributed by atoms with van der Waals surface area (Å²) in [6.45, 7) is 3.01.